The first-order chi connectivity index (χ1) is 12.7. The molecule has 27 heavy (non-hydrogen) atoms. The van der Waals surface area contributed by atoms with Gasteiger partial charge in [0, 0.05) is 22.9 Å². The second-order valence-electron chi connectivity index (χ2n) is 5.89. The van der Waals surface area contributed by atoms with Crippen molar-refractivity contribution in [2.45, 2.75) is 7.43 Å². The number of pyridine rings is 1. The van der Waals surface area contributed by atoms with E-state index in [1.807, 2.05) is 77.3 Å². The first-order valence-electron chi connectivity index (χ1n) is 8.09. The fourth-order valence-corrected chi connectivity index (χ4v) is 3.41. The van der Waals surface area contributed by atoms with Gasteiger partial charge in [-0.2, -0.15) is 0 Å². The van der Waals surface area contributed by atoms with Crippen LogP contribution in [0.5, 0.6) is 0 Å². The van der Waals surface area contributed by atoms with Gasteiger partial charge in [0.2, 0.25) is 0 Å². The number of imidazole rings is 1. The molecular weight excluding hydrogens is 355 g/mol. The molecule has 0 saturated heterocycles. The maximum atomic E-state index is 9.58. The van der Waals surface area contributed by atoms with Crippen LogP contribution in [0.15, 0.2) is 78.1 Å². The molecule has 0 radical (unpaired) electrons. The Morgan fingerprint density at radius 3 is 2.37 bits per heavy atom. The Morgan fingerprint density at radius 1 is 0.963 bits per heavy atom. The van der Waals surface area contributed by atoms with Crippen LogP contribution < -0.4 is 11.0 Å². The molecule has 4 aromatic rings. The highest BCUT2D eigenvalue weighted by Gasteiger charge is 2.16. The molecule has 136 valence electrons. The van der Waals surface area contributed by atoms with Crippen molar-refractivity contribution < 1.29 is 5.21 Å². The van der Waals surface area contributed by atoms with Crippen molar-refractivity contribution >= 4 is 31.7 Å². The molecule has 6 heteroatoms. The number of aromatic nitrogens is 2. The maximum Gasteiger partial charge on any atom is 0.150 e. The smallest absolute Gasteiger partial charge is 0.150 e. The molecule has 0 aliphatic carbocycles. The zero-order valence-corrected chi connectivity index (χ0v) is 15.0. The van der Waals surface area contributed by atoms with E-state index in [9.17, 15) is 5.21 Å². The number of nitrogen functional groups attached to an aromatic ring is 1. The Kier molecular flexibility index (Phi) is 5.24. The van der Waals surface area contributed by atoms with Gasteiger partial charge in [-0.05, 0) is 17.4 Å². The summed E-state index contributed by atoms with van der Waals surface area (Å²) in [6.07, 6.45) is 1.90. The summed E-state index contributed by atoms with van der Waals surface area (Å²) in [5.74, 6) is 0.458. The van der Waals surface area contributed by atoms with Crippen LogP contribution in [0.3, 0.4) is 0 Å². The van der Waals surface area contributed by atoms with E-state index in [0.29, 0.717) is 11.5 Å². The number of fused-ring (bicyclic) bond motifs is 1. The summed E-state index contributed by atoms with van der Waals surface area (Å²) in [4.78, 5) is 4.46. The lowest BCUT2D eigenvalue weighted by molar-refractivity contribution is 0.319. The minimum atomic E-state index is 0. The molecule has 0 amide bonds. The van der Waals surface area contributed by atoms with Crippen molar-refractivity contribution in [2.24, 2.45) is 5.16 Å². The SMILES string of the molecule is C.Nc1nc2ccc(/C(=N/O)c3ccccc3)cn2c1-c1ccccc1P. The normalized spacial score (nSPS) is 11.4. The highest BCUT2D eigenvalue weighted by molar-refractivity contribution is 7.28. The summed E-state index contributed by atoms with van der Waals surface area (Å²) in [6.45, 7) is 0. The fourth-order valence-electron chi connectivity index (χ4n) is 3.06. The van der Waals surface area contributed by atoms with Crippen molar-refractivity contribution in [3.05, 3.63) is 84.1 Å². The molecule has 2 aromatic heterocycles. The molecule has 0 saturated carbocycles. The number of hydrogen-bond acceptors (Lipinski definition) is 4. The standard InChI is InChI=1S/C20H17N4OP.CH4/c21-20-19(15-8-4-5-9-16(15)26)24-12-14(10-11-17(24)22-20)18(23-25)13-6-2-1-3-7-13;/h1-12,25H,21,26H2;1H4/b23-18+;. The summed E-state index contributed by atoms with van der Waals surface area (Å²) < 4.78 is 1.93. The van der Waals surface area contributed by atoms with Crippen LogP contribution in [0, 0.1) is 0 Å². The van der Waals surface area contributed by atoms with E-state index in [2.05, 4.69) is 19.4 Å². The largest absolute Gasteiger partial charge is 0.410 e. The second-order valence-corrected chi connectivity index (χ2v) is 6.52. The molecule has 4 rings (SSSR count). The van der Waals surface area contributed by atoms with Gasteiger partial charge in [0.25, 0.3) is 0 Å². The maximum absolute atomic E-state index is 9.58. The molecule has 0 aliphatic heterocycles. The Bertz CT molecular complexity index is 1120. The monoisotopic (exact) mass is 376 g/mol. The van der Waals surface area contributed by atoms with Crippen LogP contribution in [-0.4, -0.2) is 20.3 Å². The Balaban J connectivity index is 0.00000210. The summed E-state index contributed by atoms with van der Waals surface area (Å²) in [5, 5.41) is 14.1. The number of benzene rings is 2. The number of nitrogens with zero attached hydrogens (tertiary/aromatic N) is 3. The zero-order valence-electron chi connectivity index (χ0n) is 13.9. The molecule has 3 N–H and O–H groups in total. The molecule has 0 spiro atoms. The number of oxime groups is 1. The van der Waals surface area contributed by atoms with Crippen LogP contribution in [0.25, 0.3) is 16.9 Å². The minimum absolute atomic E-state index is 0. The van der Waals surface area contributed by atoms with Crippen molar-refractivity contribution in [1.82, 2.24) is 9.38 Å². The Labute approximate surface area is 160 Å². The lowest BCUT2D eigenvalue weighted by atomic mass is 10.0. The lowest BCUT2D eigenvalue weighted by Gasteiger charge is -2.09. The van der Waals surface area contributed by atoms with Crippen LogP contribution in [-0.2, 0) is 0 Å². The van der Waals surface area contributed by atoms with Gasteiger partial charge in [0.15, 0.2) is 5.82 Å². The molecule has 2 heterocycles. The molecule has 1 atom stereocenters. The molecular formula is C21H21N4OP. The van der Waals surface area contributed by atoms with Crippen molar-refractivity contribution in [1.29, 1.82) is 0 Å². The van der Waals surface area contributed by atoms with Gasteiger partial charge in [-0.3, -0.25) is 4.40 Å². The fraction of sp³-hybridized carbons (Fsp3) is 0.0476. The molecule has 2 aromatic carbocycles. The first-order valence-corrected chi connectivity index (χ1v) is 8.67. The van der Waals surface area contributed by atoms with Gasteiger partial charge in [0.1, 0.15) is 11.4 Å². The summed E-state index contributed by atoms with van der Waals surface area (Å²) in [6, 6.07) is 21.2. The van der Waals surface area contributed by atoms with E-state index in [1.54, 1.807) is 0 Å². The third-order valence-electron chi connectivity index (χ3n) is 4.28. The van der Waals surface area contributed by atoms with Crippen molar-refractivity contribution in [3.8, 4) is 11.3 Å². The second kappa shape index (κ2) is 7.60. The Morgan fingerprint density at radius 2 is 1.67 bits per heavy atom. The van der Waals surface area contributed by atoms with Gasteiger partial charge in [-0.25, -0.2) is 4.98 Å². The number of rotatable bonds is 3. The van der Waals surface area contributed by atoms with Gasteiger partial charge < -0.3 is 10.9 Å². The van der Waals surface area contributed by atoms with Crippen molar-refractivity contribution in [3.63, 3.8) is 0 Å². The summed E-state index contributed by atoms with van der Waals surface area (Å²) in [7, 11) is 2.72. The average molecular weight is 376 g/mol. The van der Waals surface area contributed by atoms with Crippen LogP contribution >= 0.6 is 9.24 Å². The predicted octanol–water partition coefficient (Wildman–Crippen LogP) is 3.95. The molecule has 1 unspecified atom stereocenters. The van der Waals surface area contributed by atoms with E-state index in [4.69, 9.17) is 5.73 Å². The third-order valence-corrected chi connectivity index (χ3v) is 4.79. The van der Waals surface area contributed by atoms with Gasteiger partial charge in [-0.1, -0.05) is 67.2 Å². The van der Waals surface area contributed by atoms with Gasteiger partial charge in [-0.15, -0.1) is 9.24 Å². The van der Waals surface area contributed by atoms with E-state index in [0.717, 1.165) is 33.3 Å². The topological polar surface area (TPSA) is 75.9 Å². The summed E-state index contributed by atoms with van der Waals surface area (Å²) in [5.41, 5.74) is 10.8. The van der Waals surface area contributed by atoms with E-state index in [-0.39, 0.29) is 7.43 Å². The highest BCUT2D eigenvalue weighted by atomic mass is 31.0. The predicted molar refractivity (Wildman–Crippen MR) is 115 cm³/mol. The lowest BCUT2D eigenvalue weighted by Crippen LogP contribution is -2.06. The third kappa shape index (κ3) is 3.29. The van der Waals surface area contributed by atoms with Gasteiger partial charge in [0.05, 0.1) is 5.69 Å². The number of hydrogen-bond donors (Lipinski definition) is 2. The molecule has 5 nitrogen and oxygen atoms in total. The van der Waals surface area contributed by atoms with Crippen molar-refractivity contribution in [2.75, 3.05) is 5.73 Å². The number of anilines is 1. The average Bonchev–Trinajstić information content (AvgIpc) is 2.99. The highest BCUT2D eigenvalue weighted by Crippen LogP contribution is 2.27. The van der Waals surface area contributed by atoms with E-state index < -0.39 is 0 Å². The van der Waals surface area contributed by atoms with Crippen LogP contribution in [0.4, 0.5) is 5.82 Å². The van der Waals surface area contributed by atoms with Crippen LogP contribution in [0.1, 0.15) is 18.6 Å². The molecule has 0 aliphatic rings. The van der Waals surface area contributed by atoms with E-state index >= 15 is 0 Å². The first kappa shape index (κ1) is 18.6. The minimum Gasteiger partial charge on any atom is -0.410 e. The number of nitrogens with two attached hydrogens (primary N) is 1. The summed E-state index contributed by atoms with van der Waals surface area (Å²) >= 11 is 0. The quantitative estimate of drug-likeness (QED) is 0.246. The van der Waals surface area contributed by atoms with Crippen LogP contribution in [0.2, 0.25) is 0 Å². The molecule has 0 fully saturated rings. The molecule has 0 bridgehead atoms. The Hall–Kier alpha value is -3.17. The zero-order chi connectivity index (χ0) is 18.1. The van der Waals surface area contributed by atoms with E-state index in [1.165, 1.54) is 0 Å². The van der Waals surface area contributed by atoms with Gasteiger partial charge >= 0.3 is 0 Å².